The number of benzene rings is 7. The molecule has 4 heteroatoms. The van der Waals surface area contributed by atoms with E-state index in [1.807, 2.05) is 24.3 Å². The van der Waals surface area contributed by atoms with E-state index < -0.39 is 0 Å². The molecule has 1 unspecified atom stereocenters. The van der Waals surface area contributed by atoms with Crippen LogP contribution in [0.1, 0.15) is 17.3 Å². The van der Waals surface area contributed by atoms with Crippen LogP contribution in [0.15, 0.2) is 192 Å². The number of rotatable bonds is 5. The van der Waals surface area contributed by atoms with Crippen LogP contribution in [0.5, 0.6) is 0 Å². The third kappa shape index (κ3) is 5.30. The predicted octanol–water partition coefficient (Wildman–Crippen LogP) is 10.7. The third-order valence-corrected chi connectivity index (χ3v) is 9.25. The number of nitrogens with one attached hydrogen (secondary N) is 1. The molecule has 0 bridgehead atoms. The van der Waals surface area contributed by atoms with Crippen LogP contribution in [0.2, 0.25) is 0 Å². The van der Waals surface area contributed by atoms with E-state index in [4.69, 9.17) is 9.98 Å². The van der Waals surface area contributed by atoms with Crippen molar-refractivity contribution in [2.45, 2.75) is 6.17 Å². The number of hydrogen-bond donors (Lipinski definition) is 1. The molecule has 49 heavy (non-hydrogen) atoms. The van der Waals surface area contributed by atoms with Crippen molar-refractivity contribution in [3.05, 3.63) is 193 Å². The van der Waals surface area contributed by atoms with Gasteiger partial charge in [0.25, 0.3) is 0 Å². The van der Waals surface area contributed by atoms with Crippen molar-refractivity contribution >= 4 is 33.6 Å². The maximum absolute atomic E-state index is 5.28. The zero-order chi connectivity index (χ0) is 32.6. The summed E-state index contributed by atoms with van der Waals surface area (Å²) in [5, 5.41) is 6.08. The molecule has 1 aromatic heterocycles. The summed E-state index contributed by atoms with van der Waals surface area (Å²) in [6.07, 6.45) is -0.316. The van der Waals surface area contributed by atoms with Crippen molar-refractivity contribution in [3.63, 3.8) is 0 Å². The molecule has 1 aliphatic heterocycles. The number of hydrogen-bond acceptors (Lipinski definition) is 3. The highest BCUT2D eigenvalue weighted by Gasteiger charge is 2.26. The molecule has 0 saturated heterocycles. The Kier molecular flexibility index (Phi) is 7.17. The quantitative estimate of drug-likeness (QED) is 0.202. The first-order valence-electron chi connectivity index (χ1n) is 16.6. The lowest BCUT2D eigenvalue weighted by Gasteiger charge is -2.25. The van der Waals surface area contributed by atoms with Gasteiger partial charge in [-0.05, 0) is 57.6 Å². The Morgan fingerprint density at radius 2 is 0.980 bits per heavy atom. The molecule has 7 aromatic carbocycles. The van der Waals surface area contributed by atoms with Crippen LogP contribution >= 0.6 is 0 Å². The van der Waals surface area contributed by atoms with Crippen LogP contribution in [0.3, 0.4) is 0 Å². The maximum atomic E-state index is 5.28. The Morgan fingerprint density at radius 1 is 0.449 bits per heavy atom. The minimum absolute atomic E-state index is 0.316. The summed E-state index contributed by atoms with van der Waals surface area (Å²) in [4.78, 5) is 10.4. The Hall–Kier alpha value is -6.52. The minimum Gasteiger partial charge on any atom is -0.330 e. The number of nitrogens with zero attached hydrogens (tertiary/aromatic N) is 3. The zero-order valence-corrected chi connectivity index (χ0v) is 26.7. The van der Waals surface area contributed by atoms with Crippen LogP contribution in [0, 0.1) is 0 Å². The van der Waals surface area contributed by atoms with Crippen LogP contribution in [0.25, 0.3) is 55.2 Å². The lowest BCUT2D eigenvalue weighted by atomic mass is 9.95. The fourth-order valence-corrected chi connectivity index (χ4v) is 6.89. The predicted molar refractivity (Wildman–Crippen MR) is 204 cm³/mol. The fourth-order valence-electron chi connectivity index (χ4n) is 6.89. The van der Waals surface area contributed by atoms with Gasteiger partial charge >= 0.3 is 0 Å². The van der Waals surface area contributed by atoms with Crippen molar-refractivity contribution in [2.75, 3.05) is 0 Å². The molecule has 0 aliphatic carbocycles. The van der Waals surface area contributed by atoms with E-state index >= 15 is 0 Å². The van der Waals surface area contributed by atoms with Gasteiger partial charge in [-0.15, -0.1) is 0 Å². The van der Waals surface area contributed by atoms with Gasteiger partial charge in [-0.2, -0.15) is 4.99 Å². The van der Waals surface area contributed by atoms with E-state index in [1.54, 1.807) is 0 Å². The molecule has 232 valence electrons. The van der Waals surface area contributed by atoms with Crippen LogP contribution in [-0.2, 0) is 0 Å². The molecule has 4 nitrogen and oxygen atoms in total. The smallest absolute Gasteiger partial charge is 0.211 e. The topological polar surface area (TPSA) is 41.7 Å². The van der Waals surface area contributed by atoms with Crippen LogP contribution in [-0.4, -0.2) is 16.4 Å². The Morgan fingerprint density at radius 3 is 1.61 bits per heavy atom. The molecular formula is C45H32N4. The van der Waals surface area contributed by atoms with Crippen molar-refractivity contribution in [3.8, 4) is 33.4 Å². The summed E-state index contributed by atoms with van der Waals surface area (Å²) in [7, 11) is 0. The first-order valence-corrected chi connectivity index (χ1v) is 16.6. The first kappa shape index (κ1) is 28.7. The van der Waals surface area contributed by atoms with Gasteiger partial charge in [0.2, 0.25) is 5.96 Å². The molecule has 0 fully saturated rings. The van der Waals surface area contributed by atoms with Crippen molar-refractivity contribution in [2.24, 2.45) is 9.98 Å². The summed E-state index contributed by atoms with van der Waals surface area (Å²) in [6, 6.07) is 64.0. The molecule has 0 amide bonds. The molecule has 0 spiro atoms. The van der Waals surface area contributed by atoms with Gasteiger partial charge in [0.1, 0.15) is 6.17 Å². The minimum atomic E-state index is -0.316. The molecular weight excluding hydrogens is 597 g/mol. The lowest BCUT2D eigenvalue weighted by Crippen LogP contribution is -2.37. The van der Waals surface area contributed by atoms with Gasteiger partial charge in [-0.1, -0.05) is 158 Å². The molecule has 8 aromatic rings. The van der Waals surface area contributed by atoms with Gasteiger partial charge in [-0.25, -0.2) is 4.99 Å². The van der Waals surface area contributed by atoms with Gasteiger partial charge in [-0.3, -0.25) is 4.57 Å². The van der Waals surface area contributed by atoms with Gasteiger partial charge in [0.05, 0.1) is 11.0 Å². The van der Waals surface area contributed by atoms with Gasteiger partial charge in [0, 0.05) is 21.9 Å². The SMILES string of the molecule is c1ccc(C2=NC(c3ccccc3)NC(n3c4ccc(-c5ccccc5)cc4c4cc(-c5ccccc5)cc(-c5ccccc5)c43)=N2)cc1. The monoisotopic (exact) mass is 628 g/mol. The molecule has 9 rings (SSSR count). The Bertz CT molecular complexity index is 2480. The highest BCUT2D eigenvalue weighted by molar-refractivity contribution is 6.21. The summed E-state index contributed by atoms with van der Waals surface area (Å²) < 4.78 is 2.31. The normalized spacial score (nSPS) is 14.3. The number of aliphatic imine (C=N–C) groups is 2. The largest absolute Gasteiger partial charge is 0.330 e. The molecule has 0 saturated carbocycles. The molecule has 2 heterocycles. The highest BCUT2D eigenvalue weighted by Crippen LogP contribution is 2.41. The first-order chi connectivity index (χ1) is 24.3. The average Bonchev–Trinajstić information content (AvgIpc) is 3.53. The summed E-state index contributed by atoms with van der Waals surface area (Å²) >= 11 is 0. The third-order valence-electron chi connectivity index (χ3n) is 9.25. The second kappa shape index (κ2) is 12.3. The van der Waals surface area contributed by atoms with E-state index in [2.05, 4.69) is 168 Å². The second-order valence-corrected chi connectivity index (χ2v) is 12.3. The van der Waals surface area contributed by atoms with Crippen molar-refractivity contribution in [1.82, 2.24) is 9.88 Å². The lowest BCUT2D eigenvalue weighted by molar-refractivity contribution is 0.661. The fraction of sp³-hybridized carbons (Fsp3) is 0.0222. The molecule has 0 radical (unpaired) electrons. The molecule has 1 atom stereocenters. The summed E-state index contributed by atoms with van der Waals surface area (Å²) in [6.45, 7) is 0. The van der Waals surface area contributed by atoms with Crippen molar-refractivity contribution in [1.29, 1.82) is 0 Å². The second-order valence-electron chi connectivity index (χ2n) is 12.3. The molecule has 1 aliphatic rings. The van der Waals surface area contributed by atoms with Crippen LogP contribution in [0.4, 0.5) is 0 Å². The van der Waals surface area contributed by atoms with Gasteiger partial charge in [0.15, 0.2) is 5.84 Å². The van der Waals surface area contributed by atoms with E-state index in [9.17, 15) is 0 Å². The number of amidine groups is 1. The zero-order valence-electron chi connectivity index (χ0n) is 26.7. The molecule has 1 N–H and O–H groups in total. The van der Waals surface area contributed by atoms with Crippen molar-refractivity contribution < 1.29 is 0 Å². The van der Waals surface area contributed by atoms with E-state index in [1.165, 1.54) is 22.3 Å². The standard InChI is InChI=1S/C45H32N4/c1-6-16-31(17-7-1)36-26-27-41-39(28-36)40-30-37(32-18-8-2-9-19-32)29-38(33-20-10-3-11-21-33)42(40)49(41)45-47-43(34-22-12-4-13-23-34)46-44(48-45)35-24-14-5-15-25-35/h1-30,43H,(H,46,47,48). The maximum Gasteiger partial charge on any atom is 0.211 e. The Labute approximate surface area is 285 Å². The number of fused-ring (bicyclic) bond motifs is 3. The average molecular weight is 629 g/mol. The number of aromatic nitrogens is 1. The van der Waals surface area contributed by atoms with Crippen LogP contribution < -0.4 is 5.32 Å². The summed E-state index contributed by atoms with van der Waals surface area (Å²) in [5.41, 5.74) is 11.2. The Balaban J connectivity index is 1.37. The van der Waals surface area contributed by atoms with E-state index in [0.717, 1.165) is 50.0 Å². The summed E-state index contributed by atoms with van der Waals surface area (Å²) in [5.74, 6) is 1.43. The van der Waals surface area contributed by atoms with E-state index in [0.29, 0.717) is 5.84 Å². The van der Waals surface area contributed by atoms with E-state index in [-0.39, 0.29) is 6.17 Å². The highest BCUT2D eigenvalue weighted by atomic mass is 15.3. The van der Waals surface area contributed by atoms with Gasteiger partial charge < -0.3 is 5.32 Å².